The Morgan fingerprint density at radius 3 is 2.60 bits per heavy atom. The van der Waals surface area contributed by atoms with Gasteiger partial charge < -0.3 is 5.32 Å². The Morgan fingerprint density at radius 1 is 1.12 bits per heavy atom. The maximum Gasteiger partial charge on any atom is 0.416 e. The molecule has 0 aliphatic carbocycles. The predicted octanol–water partition coefficient (Wildman–Crippen LogP) is 3.85. The first-order valence-corrected chi connectivity index (χ1v) is 7.30. The first-order chi connectivity index (χ1) is 11.8. The van der Waals surface area contributed by atoms with E-state index in [0.29, 0.717) is 5.39 Å². The Bertz CT molecular complexity index is 1030. The van der Waals surface area contributed by atoms with Crippen molar-refractivity contribution in [2.24, 2.45) is 0 Å². The van der Waals surface area contributed by atoms with Gasteiger partial charge in [-0.05, 0) is 36.4 Å². The highest BCUT2D eigenvalue weighted by Gasteiger charge is 2.30. The average molecular weight is 368 g/mol. The summed E-state index contributed by atoms with van der Waals surface area (Å²) in [6.45, 7) is 0. The minimum Gasteiger partial charge on any atom is -0.322 e. The summed E-state index contributed by atoms with van der Waals surface area (Å²) in [5.74, 6) is -0.723. The molecule has 25 heavy (non-hydrogen) atoms. The van der Waals surface area contributed by atoms with E-state index in [1.165, 1.54) is 24.3 Å². The Labute approximate surface area is 143 Å². The van der Waals surface area contributed by atoms with Crippen molar-refractivity contribution in [3.05, 3.63) is 69.1 Å². The first-order valence-electron chi connectivity index (χ1n) is 6.92. The van der Waals surface area contributed by atoms with E-state index >= 15 is 0 Å². The minimum atomic E-state index is -4.54. The standard InChI is InChI=1S/C16H9ClF3N3O2/c17-13-12-7-10(4-5-11(12)15(25)23-22-13)21-14(24)8-2-1-3-9(6-8)16(18,19)20/h1-7H,(H,21,24)(H,23,25). The van der Waals surface area contributed by atoms with Gasteiger partial charge in [0.25, 0.3) is 11.5 Å². The molecule has 5 nitrogen and oxygen atoms in total. The SMILES string of the molecule is O=C(Nc1ccc2c(=O)[nH]nc(Cl)c2c1)c1cccc(C(F)(F)F)c1. The summed E-state index contributed by atoms with van der Waals surface area (Å²) in [6.07, 6.45) is -4.54. The Balaban J connectivity index is 1.92. The highest BCUT2D eigenvalue weighted by atomic mass is 35.5. The van der Waals surface area contributed by atoms with E-state index < -0.39 is 23.2 Å². The molecule has 0 unspecified atom stereocenters. The summed E-state index contributed by atoms with van der Waals surface area (Å²) in [7, 11) is 0. The lowest BCUT2D eigenvalue weighted by atomic mass is 10.1. The van der Waals surface area contributed by atoms with Crippen LogP contribution in [-0.4, -0.2) is 16.1 Å². The van der Waals surface area contributed by atoms with E-state index in [1.54, 1.807) is 0 Å². The Hall–Kier alpha value is -2.87. The summed E-state index contributed by atoms with van der Waals surface area (Å²) in [4.78, 5) is 23.8. The normalized spacial score (nSPS) is 11.5. The average Bonchev–Trinajstić information content (AvgIpc) is 2.58. The van der Waals surface area contributed by atoms with Crippen LogP contribution in [0.4, 0.5) is 18.9 Å². The molecule has 1 heterocycles. The monoisotopic (exact) mass is 367 g/mol. The van der Waals surface area contributed by atoms with Crippen LogP contribution in [0.2, 0.25) is 5.15 Å². The van der Waals surface area contributed by atoms with Crippen LogP contribution in [0.3, 0.4) is 0 Å². The number of aromatic nitrogens is 2. The summed E-state index contributed by atoms with van der Waals surface area (Å²) in [6, 6.07) is 8.36. The van der Waals surface area contributed by atoms with Gasteiger partial charge in [-0.25, -0.2) is 5.10 Å². The van der Waals surface area contributed by atoms with Crippen molar-refractivity contribution in [2.45, 2.75) is 6.18 Å². The highest BCUT2D eigenvalue weighted by molar-refractivity contribution is 6.34. The quantitative estimate of drug-likeness (QED) is 0.722. The van der Waals surface area contributed by atoms with Gasteiger partial charge in [-0.1, -0.05) is 17.7 Å². The number of carbonyl (C=O) groups is 1. The fourth-order valence-corrected chi connectivity index (χ4v) is 2.45. The molecule has 3 aromatic rings. The molecule has 3 rings (SSSR count). The molecule has 128 valence electrons. The number of hydrogen-bond donors (Lipinski definition) is 2. The fraction of sp³-hybridized carbons (Fsp3) is 0.0625. The van der Waals surface area contributed by atoms with Crippen molar-refractivity contribution in [1.29, 1.82) is 0 Å². The van der Waals surface area contributed by atoms with Crippen LogP contribution in [-0.2, 0) is 6.18 Å². The fourth-order valence-electron chi connectivity index (χ4n) is 2.25. The summed E-state index contributed by atoms with van der Waals surface area (Å²) >= 11 is 5.91. The number of amides is 1. The number of H-pyrrole nitrogens is 1. The van der Waals surface area contributed by atoms with Crippen molar-refractivity contribution in [1.82, 2.24) is 10.2 Å². The third-order valence-corrected chi connectivity index (χ3v) is 3.74. The number of alkyl halides is 3. The molecule has 2 N–H and O–H groups in total. The third kappa shape index (κ3) is 3.48. The van der Waals surface area contributed by atoms with Crippen LogP contribution in [0.5, 0.6) is 0 Å². The second kappa shape index (κ2) is 6.21. The Kier molecular flexibility index (Phi) is 4.22. The van der Waals surface area contributed by atoms with Crippen molar-refractivity contribution < 1.29 is 18.0 Å². The van der Waals surface area contributed by atoms with Crippen molar-refractivity contribution in [3.8, 4) is 0 Å². The number of nitrogens with zero attached hydrogens (tertiary/aromatic N) is 1. The first kappa shape index (κ1) is 17.0. The van der Waals surface area contributed by atoms with Gasteiger partial charge in [-0.2, -0.15) is 18.3 Å². The van der Waals surface area contributed by atoms with Gasteiger partial charge in [0, 0.05) is 16.6 Å². The molecule has 9 heteroatoms. The number of fused-ring (bicyclic) bond motifs is 1. The number of benzene rings is 2. The topological polar surface area (TPSA) is 74.8 Å². The summed E-state index contributed by atoms with van der Waals surface area (Å²) < 4.78 is 38.2. The zero-order chi connectivity index (χ0) is 18.2. The molecular weight excluding hydrogens is 359 g/mol. The maximum atomic E-state index is 12.7. The molecule has 0 atom stereocenters. The molecule has 0 aliphatic rings. The van der Waals surface area contributed by atoms with Gasteiger partial charge in [0.05, 0.1) is 10.9 Å². The summed E-state index contributed by atoms with van der Waals surface area (Å²) in [5, 5.41) is 8.92. The number of nitrogens with one attached hydrogen (secondary N) is 2. The second-order valence-corrected chi connectivity index (χ2v) is 5.49. The van der Waals surface area contributed by atoms with Gasteiger partial charge in [0.2, 0.25) is 0 Å². The third-order valence-electron chi connectivity index (χ3n) is 3.45. The zero-order valence-corrected chi connectivity index (χ0v) is 13.1. The molecule has 0 bridgehead atoms. The van der Waals surface area contributed by atoms with Crippen LogP contribution in [0.25, 0.3) is 10.8 Å². The number of anilines is 1. The van der Waals surface area contributed by atoms with E-state index in [9.17, 15) is 22.8 Å². The van der Waals surface area contributed by atoms with E-state index in [2.05, 4.69) is 15.5 Å². The predicted molar refractivity (Wildman–Crippen MR) is 86.8 cm³/mol. The van der Waals surface area contributed by atoms with Gasteiger partial charge in [-0.15, -0.1) is 0 Å². The molecule has 0 radical (unpaired) electrons. The molecule has 0 aliphatic heterocycles. The van der Waals surface area contributed by atoms with Crippen LogP contribution in [0.1, 0.15) is 15.9 Å². The van der Waals surface area contributed by atoms with Gasteiger partial charge in [0.1, 0.15) is 0 Å². The lowest BCUT2D eigenvalue weighted by Crippen LogP contribution is -2.14. The van der Waals surface area contributed by atoms with E-state index in [-0.39, 0.29) is 21.8 Å². The van der Waals surface area contributed by atoms with E-state index in [0.717, 1.165) is 18.2 Å². The maximum absolute atomic E-state index is 12.7. The molecule has 0 spiro atoms. The highest BCUT2D eigenvalue weighted by Crippen LogP contribution is 2.30. The lowest BCUT2D eigenvalue weighted by Gasteiger charge is -2.10. The number of aromatic amines is 1. The number of hydrogen-bond acceptors (Lipinski definition) is 3. The number of halogens is 4. The van der Waals surface area contributed by atoms with E-state index in [1.807, 2.05) is 0 Å². The van der Waals surface area contributed by atoms with Crippen molar-refractivity contribution >= 4 is 34.0 Å². The molecule has 1 amide bonds. The van der Waals surface area contributed by atoms with Crippen LogP contribution < -0.4 is 10.9 Å². The van der Waals surface area contributed by atoms with Crippen molar-refractivity contribution in [2.75, 3.05) is 5.32 Å². The molecule has 0 saturated carbocycles. The number of rotatable bonds is 2. The van der Waals surface area contributed by atoms with Crippen LogP contribution in [0.15, 0.2) is 47.3 Å². The Morgan fingerprint density at radius 2 is 1.88 bits per heavy atom. The van der Waals surface area contributed by atoms with Crippen LogP contribution >= 0.6 is 11.6 Å². The number of carbonyl (C=O) groups excluding carboxylic acids is 1. The second-order valence-electron chi connectivity index (χ2n) is 5.14. The summed E-state index contributed by atoms with van der Waals surface area (Å²) in [5.41, 5.74) is -1.25. The molecule has 0 fully saturated rings. The van der Waals surface area contributed by atoms with Gasteiger partial charge >= 0.3 is 6.18 Å². The van der Waals surface area contributed by atoms with Crippen LogP contribution in [0, 0.1) is 0 Å². The van der Waals surface area contributed by atoms with Gasteiger partial charge in [0.15, 0.2) is 5.15 Å². The smallest absolute Gasteiger partial charge is 0.322 e. The molecule has 1 aromatic heterocycles. The minimum absolute atomic E-state index is 0.0322. The lowest BCUT2D eigenvalue weighted by molar-refractivity contribution is -0.137. The molecular formula is C16H9ClF3N3O2. The van der Waals surface area contributed by atoms with Crippen molar-refractivity contribution in [3.63, 3.8) is 0 Å². The van der Waals surface area contributed by atoms with Gasteiger partial charge in [-0.3, -0.25) is 9.59 Å². The largest absolute Gasteiger partial charge is 0.416 e. The zero-order valence-electron chi connectivity index (χ0n) is 12.3. The molecule has 2 aromatic carbocycles. The molecule has 0 saturated heterocycles. The van der Waals surface area contributed by atoms with E-state index in [4.69, 9.17) is 11.6 Å².